The van der Waals surface area contributed by atoms with Gasteiger partial charge >= 0.3 is 39.5 Å². The maximum absolute atomic E-state index is 13.2. The van der Waals surface area contributed by atoms with Crippen LogP contribution in [0.5, 0.6) is 0 Å². The molecule has 19 heteroatoms. The number of carbonyl (C=O) groups excluding carboxylic acids is 4. The van der Waals surface area contributed by atoms with Crippen LogP contribution in [0, 0.1) is 0 Å². The Bertz CT molecular complexity index is 2110. The van der Waals surface area contributed by atoms with Crippen molar-refractivity contribution in [1.29, 1.82) is 0 Å². The lowest BCUT2D eigenvalue weighted by atomic mass is 10.0. The van der Waals surface area contributed by atoms with E-state index >= 15 is 0 Å². The van der Waals surface area contributed by atoms with Gasteiger partial charge in [-0.3, -0.25) is 37.3 Å². The Balaban J connectivity index is 5.28. The van der Waals surface area contributed by atoms with Crippen molar-refractivity contribution in [3.8, 4) is 0 Å². The van der Waals surface area contributed by atoms with Crippen molar-refractivity contribution < 1.29 is 80.2 Å². The van der Waals surface area contributed by atoms with Crippen molar-refractivity contribution in [1.82, 2.24) is 0 Å². The number of rotatable bonds is 87. The lowest BCUT2D eigenvalue weighted by Gasteiger charge is -2.21. The van der Waals surface area contributed by atoms with Crippen molar-refractivity contribution in [2.75, 3.05) is 39.6 Å². The molecule has 0 saturated heterocycles. The van der Waals surface area contributed by atoms with Crippen molar-refractivity contribution in [3.63, 3.8) is 0 Å². The first-order chi connectivity index (χ1) is 52.2. The first-order valence-corrected chi connectivity index (χ1v) is 48.1. The molecule has 0 amide bonds. The minimum atomic E-state index is -4.97. The number of esters is 4. The molecule has 0 rings (SSSR count). The summed E-state index contributed by atoms with van der Waals surface area (Å²) in [5.74, 6) is -2.13. The maximum Gasteiger partial charge on any atom is 0.472 e. The molecular formula is C88H168O17P2. The van der Waals surface area contributed by atoms with Gasteiger partial charge in [-0.15, -0.1) is 0 Å². The van der Waals surface area contributed by atoms with E-state index in [4.69, 9.17) is 37.0 Å². The summed E-state index contributed by atoms with van der Waals surface area (Å²) in [6.07, 6.45) is 79.9. The number of allylic oxidation sites excluding steroid dienone is 4. The molecule has 0 radical (unpaired) electrons. The summed E-state index contributed by atoms with van der Waals surface area (Å²) >= 11 is 0. The minimum absolute atomic E-state index is 0.0862. The van der Waals surface area contributed by atoms with Gasteiger partial charge in [0.05, 0.1) is 26.4 Å². The lowest BCUT2D eigenvalue weighted by molar-refractivity contribution is -0.161. The molecule has 107 heavy (non-hydrogen) atoms. The molecule has 0 saturated carbocycles. The van der Waals surface area contributed by atoms with E-state index in [0.29, 0.717) is 25.7 Å². The maximum atomic E-state index is 13.2. The zero-order valence-electron chi connectivity index (χ0n) is 69.6. The van der Waals surface area contributed by atoms with Crippen LogP contribution in [0.1, 0.15) is 458 Å². The first-order valence-electron chi connectivity index (χ1n) is 45.1. The molecule has 17 nitrogen and oxygen atoms in total. The van der Waals surface area contributed by atoms with E-state index in [-0.39, 0.29) is 25.7 Å². The second-order valence-corrected chi connectivity index (χ2v) is 33.9. The second-order valence-electron chi connectivity index (χ2n) is 30.9. The predicted molar refractivity (Wildman–Crippen MR) is 441 cm³/mol. The molecule has 0 spiro atoms. The van der Waals surface area contributed by atoms with Gasteiger partial charge in [-0.2, -0.15) is 0 Å². The van der Waals surface area contributed by atoms with Gasteiger partial charge in [-0.05, 0) is 51.4 Å². The van der Waals surface area contributed by atoms with Crippen LogP contribution in [0.4, 0.5) is 0 Å². The molecule has 632 valence electrons. The van der Waals surface area contributed by atoms with Crippen LogP contribution >= 0.6 is 15.6 Å². The van der Waals surface area contributed by atoms with Crippen LogP contribution in [-0.4, -0.2) is 96.7 Å². The fourth-order valence-electron chi connectivity index (χ4n) is 13.3. The van der Waals surface area contributed by atoms with Gasteiger partial charge in [0.2, 0.25) is 0 Å². The molecule has 0 aliphatic carbocycles. The number of aliphatic hydroxyl groups excluding tert-OH is 1. The predicted octanol–water partition coefficient (Wildman–Crippen LogP) is 26.9. The third-order valence-corrected chi connectivity index (χ3v) is 22.1. The van der Waals surface area contributed by atoms with Gasteiger partial charge in [0.25, 0.3) is 0 Å². The van der Waals surface area contributed by atoms with Gasteiger partial charge < -0.3 is 33.8 Å². The standard InChI is InChI=1S/C88H168O17P2/c1-5-9-13-17-21-25-29-33-36-38-40-41-42-44-47-51-55-59-63-67-71-75-88(93)105-84(79-99-86(91)73-69-65-61-57-53-49-46-43-39-37-34-30-26-22-18-14-10-6-2)81-103-107(96,97)101-77-82(89)76-100-106(94,95)102-80-83(78-98-85(90)72-68-64-60-56-52-48-32-28-24-20-16-12-8-4)104-87(92)74-70-66-62-58-54-50-45-35-31-27-23-19-15-11-7-3/h27,31,35,45,82-84,89H,5-26,28-30,32-34,36-44,46-81H2,1-4H3,(H,94,95)(H,96,97)/b31-27-,45-35-/t82-,83+,84+/m0/s1. The van der Waals surface area contributed by atoms with Crippen molar-refractivity contribution in [2.45, 2.75) is 476 Å². The molecule has 0 heterocycles. The molecule has 0 aliphatic heterocycles. The van der Waals surface area contributed by atoms with E-state index in [2.05, 4.69) is 52.0 Å². The Morgan fingerprint density at radius 1 is 0.262 bits per heavy atom. The average Bonchev–Trinajstić information content (AvgIpc) is 0.901. The highest BCUT2D eigenvalue weighted by Gasteiger charge is 2.30. The summed E-state index contributed by atoms with van der Waals surface area (Å²) in [6.45, 7) is 5.00. The van der Waals surface area contributed by atoms with Gasteiger partial charge in [0.1, 0.15) is 19.3 Å². The Hall–Kier alpha value is -2.46. The van der Waals surface area contributed by atoms with Crippen LogP contribution in [0.3, 0.4) is 0 Å². The van der Waals surface area contributed by atoms with Crippen LogP contribution < -0.4 is 0 Å². The number of aliphatic hydroxyl groups is 1. The SMILES string of the molecule is CCCCCC/C=C\C=C/CCCCCCCC(=O)O[C@H](COC(=O)CCCCCCCCCCCCCCC)COP(=O)(O)OC[C@H](O)COP(=O)(O)OC[C@@H](COC(=O)CCCCCCCCCCCCCCCCCCCC)OC(=O)CCCCCCCCCCCCCCCCCCCCCCC. The molecule has 0 aliphatic rings. The number of phosphoric ester groups is 2. The Morgan fingerprint density at radius 3 is 0.682 bits per heavy atom. The van der Waals surface area contributed by atoms with Gasteiger partial charge in [-0.25, -0.2) is 9.13 Å². The van der Waals surface area contributed by atoms with Crippen molar-refractivity contribution in [2.24, 2.45) is 0 Å². The lowest BCUT2D eigenvalue weighted by Crippen LogP contribution is -2.30. The van der Waals surface area contributed by atoms with Crippen molar-refractivity contribution >= 4 is 39.5 Å². The number of hydrogen-bond donors (Lipinski definition) is 3. The van der Waals surface area contributed by atoms with Crippen LogP contribution in [0.2, 0.25) is 0 Å². The normalized spacial score (nSPS) is 13.8. The average molecular weight is 1560 g/mol. The Labute approximate surface area is 656 Å². The number of phosphoric acid groups is 2. The molecular weight excluding hydrogens is 1390 g/mol. The topological polar surface area (TPSA) is 237 Å². The summed E-state index contributed by atoms with van der Waals surface area (Å²) < 4.78 is 68.9. The molecule has 0 aromatic rings. The zero-order chi connectivity index (χ0) is 78.1. The molecule has 0 bridgehead atoms. The van der Waals surface area contributed by atoms with Gasteiger partial charge in [-0.1, -0.05) is 405 Å². The highest BCUT2D eigenvalue weighted by molar-refractivity contribution is 7.47. The minimum Gasteiger partial charge on any atom is -0.462 e. The number of unbranched alkanes of at least 4 members (excludes halogenated alkanes) is 58. The highest BCUT2D eigenvalue weighted by Crippen LogP contribution is 2.45. The van der Waals surface area contributed by atoms with E-state index in [9.17, 15) is 43.2 Å². The zero-order valence-corrected chi connectivity index (χ0v) is 71.4. The molecule has 0 aromatic heterocycles. The molecule has 3 N–H and O–H groups in total. The summed E-state index contributed by atoms with van der Waals surface area (Å²) in [7, 11) is -9.94. The van der Waals surface area contributed by atoms with Crippen molar-refractivity contribution in [3.05, 3.63) is 24.3 Å². The smallest absolute Gasteiger partial charge is 0.462 e. The molecule has 2 unspecified atom stereocenters. The third kappa shape index (κ3) is 81.4. The number of hydrogen-bond acceptors (Lipinski definition) is 15. The summed E-state index contributed by atoms with van der Waals surface area (Å²) in [5.41, 5.74) is 0. The third-order valence-electron chi connectivity index (χ3n) is 20.2. The van der Waals surface area contributed by atoms with Crippen LogP contribution in [-0.2, 0) is 65.4 Å². The summed E-state index contributed by atoms with van der Waals surface area (Å²) in [5, 5.41) is 10.7. The van der Waals surface area contributed by atoms with Crippen LogP contribution in [0.15, 0.2) is 24.3 Å². The second kappa shape index (κ2) is 81.6. The largest absolute Gasteiger partial charge is 0.472 e. The highest BCUT2D eigenvalue weighted by atomic mass is 31.2. The fraction of sp³-hybridized carbons (Fsp3) is 0.909. The van der Waals surface area contributed by atoms with E-state index in [0.717, 1.165) is 103 Å². The molecule has 0 fully saturated rings. The fourth-order valence-corrected chi connectivity index (χ4v) is 14.9. The van der Waals surface area contributed by atoms with E-state index in [1.54, 1.807) is 0 Å². The monoisotopic (exact) mass is 1560 g/mol. The summed E-state index contributed by atoms with van der Waals surface area (Å²) in [6, 6.07) is 0. The van der Waals surface area contributed by atoms with E-state index in [1.165, 1.54) is 276 Å². The Kier molecular flexibility index (Phi) is 79.7. The first kappa shape index (κ1) is 105. The number of carbonyl (C=O) groups is 4. The Morgan fingerprint density at radius 2 is 0.449 bits per heavy atom. The van der Waals surface area contributed by atoms with Crippen LogP contribution in [0.25, 0.3) is 0 Å². The van der Waals surface area contributed by atoms with Gasteiger partial charge in [0.15, 0.2) is 12.2 Å². The quantitative estimate of drug-likeness (QED) is 0.0169. The van der Waals surface area contributed by atoms with E-state index < -0.39 is 97.5 Å². The van der Waals surface area contributed by atoms with E-state index in [1.807, 2.05) is 0 Å². The van der Waals surface area contributed by atoms with Gasteiger partial charge in [0, 0.05) is 25.7 Å². The molecule has 5 atom stereocenters. The molecule has 0 aromatic carbocycles. The number of ether oxygens (including phenoxy) is 4. The summed E-state index contributed by atoms with van der Waals surface area (Å²) in [4.78, 5) is 73.3.